The number of benzene rings is 2. The molecule has 2 N–H and O–H groups in total. The standard InChI is InChI=1S/C25H24N2O5S/c1-15-4-3-5-17-18(14-33-24(15)17)25-26-13-19(27-25)21(30)8-7-20(29)16-6-9-22(32-11-10-28)23(12-16)31-2/h3-6,9,12-14,28H,7-8,10-11H2,1-2H3,(H,26,27). The summed E-state index contributed by atoms with van der Waals surface area (Å²) < 4.78 is 11.8. The highest BCUT2D eigenvalue weighted by Gasteiger charge is 2.17. The van der Waals surface area contributed by atoms with Crippen molar-refractivity contribution in [1.82, 2.24) is 9.97 Å². The van der Waals surface area contributed by atoms with Gasteiger partial charge in [-0.25, -0.2) is 4.98 Å². The van der Waals surface area contributed by atoms with E-state index >= 15 is 0 Å². The molecule has 0 bridgehead atoms. The van der Waals surface area contributed by atoms with Gasteiger partial charge in [0.25, 0.3) is 0 Å². The normalized spacial score (nSPS) is 11.0. The van der Waals surface area contributed by atoms with Gasteiger partial charge < -0.3 is 19.6 Å². The Morgan fingerprint density at radius 2 is 1.94 bits per heavy atom. The molecule has 0 amide bonds. The van der Waals surface area contributed by atoms with Crippen LogP contribution in [0.5, 0.6) is 11.5 Å². The molecule has 8 heteroatoms. The van der Waals surface area contributed by atoms with Crippen LogP contribution in [0.1, 0.15) is 39.3 Å². The zero-order chi connectivity index (χ0) is 23.4. The van der Waals surface area contributed by atoms with E-state index < -0.39 is 0 Å². The molecule has 0 saturated heterocycles. The number of aliphatic hydroxyl groups is 1. The monoisotopic (exact) mass is 464 g/mol. The molecule has 2 heterocycles. The number of H-pyrrole nitrogens is 1. The van der Waals surface area contributed by atoms with Crippen molar-refractivity contribution in [2.24, 2.45) is 0 Å². The van der Waals surface area contributed by atoms with Crippen LogP contribution in [0.2, 0.25) is 0 Å². The number of Topliss-reactive ketones (excluding diaryl/α,β-unsaturated/α-hetero) is 2. The van der Waals surface area contributed by atoms with Crippen LogP contribution in [-0.2, 0) is 0 Å². The Morgan fingerprint density at radius 3 is 2.73 bits per heavy atom. The molecule has 0 aliphatic rings. The first kappa shape index (κ1) is 22.7. The fourth-order valence-electron chi connectivity index (χ4n) is 3.61. The van der Waals surface area contributed by atoms with Crippen LogP contribution >= 0.6 is 11.3 Å². The summed E-state index contributed by atoms with van der Waals surface area (Å²) in [6.07, 6.45) is 1.65. The zero-order valence-electron chi connectivity index (χ0n) is 18.4. The topological polar surface area (TPSA) is 102 Å². The first-order valence-electron chi connectivity index (χ1n) is 10.5. The number of aliphatic hydroxyl groups excluding tert-OH is 1. The molecule has 0 unspecified atom stereocenters. The molecule has 0 spiro atoms. The number of ether oxygens (including phenoxy) is 2. The molecule has 170 valence electrons. The third-order valence-electron chi connectivity index (χ3n) is 5.34. The number of rotatable bonds is 10. The third-order valence-corrected chi connectivity index (χ3v) is 6.47. The van der Waals surface area contributed by atoms with Gasteiger partial charge in [-0.2, -0.15) is 0 Å². The minimum absolute atomic E-state index is 0.0633. The van der Waals surface area contributed by atoms with Crippen molar-refractivity contribution in [1.29, 1.82) is 0 Å². The van der Waals surface area contributed by atoms with Crippen LogP contribution in [0.15, 0.2) is 48.0 Å². The summed E-state index contributed by atoms with van der Waals surface area (Å²) in [6.45, 7) is 2.08. The highest BCUT2D eigenvalue weighted by Crippen LogP contribution is 2.34. The lowest BCUT2D eigenvalue weighted by Crippen LogP contribution is -2.07. The Morgan fingerprint density at radius 1 is 1.12 bits per heavy atom. The lowest BCUT2D eigenvalue weighted by molar-refractivity contribution is 0.0915. The molecule has 4 aromatic rings. The van der Waals surface area contributed by atoms with E-state index in [9.17, 15) is 9.59 Å². The Kier molecular flexibility index (Phi) is 6.86. The van der Waals surface area contributed by atoms with Gasteiger partial charge in [0.15, 0.2) is 23.1 Å². The van der Waals surface area contributed by atoms with Crippen molar-refractivity contribution in [3.8, 4) is 22.9 Å². The number of hydrogen-bond donors (Lipinski definition) is 2. The molecule has 0 radical (unpaired) electrons. The number of nitrogens with zero attached hydrogens (tertiary/aromatic N) is 1. The van der Waals surface area contributed by atoms with Crippen molar-refractivity contribution < 1.29 is 24.2 Å². The number of ketones is 2. The minimum Gasteiger partial charge on any atom is -0.493 e. The van der Waals surface area contributed by atoms with E-state index in [-0.39, 0.29) is 37.6 Å². The Hall–Kier alpha value is -3.49. The van der Waals surface area contributed by atoms with Crippen LogP contribution in [0.4, 0.5) is 0 Å². The van der Waals surface area contributed by atoms with Crippen LogP contribution < -0.4 is 9.47 Å². The first-order valence-corrected chi connectivity index (χ1v) is 11.4. The predicted molar refractivity (Wildman–Crippen MR) is 128 cm³/mol. The molecule has 0 atom stereocenters. The van der Waals surface area contributed by atoms with Gasteiger partial charge in [0.05, 0.1) is 19.9 Å². The fourth-order valence-corrected chi connectivity index (χ4v) is 4.64. The number of carbonyl (C=O) groups excluding carboxylic acids is 2. The van der Waals surface area contributed by atoms with Crippen molar-refractivity contribution in [3.05, 3.63) is 64.8 Å². The van der Waals surface area contributed by atoms with E-state index in [1.54, 1.807) is 29.5 Å². The number of thiophene rings is 1. The van der Waals surface area contributed by atoms with Crippen LogP contribution in [0.25, 0.3) is 21.5 Å². The molecule has 2 aromatic carbocycles. The van der Waals surface area contributed by atoms with E-state index in [1.165, 1.54) is 23.6 Å². The Labute approximate surface area is 195 Å². The molecular weight excluding hydrogens is 440 g/mol. The molecule has 0 aliphatic carbocycles. The molecule has 0 fully saturated rings. The SMILES string of the molecule is COc1cc(C(=O)CCC(=O)c2cnc(-c3csc4c(C)cccc34)[nH]2)ccc1OCCO. The van der Waals surface area contributed by atoms with Crippen molar-refractivity contribution in [2.75, 3.05) is 20.3 Å². The second-order valence-electron chi connectivity index (χ2n) is 7.53. The van der Waals surface area contributed by atoms with Crippen LogP contribution in [-0.4, -0.2) is 47.0 Å². The molecular formula is C25H24N2O5S. The Balaban J connectivity index is 1.43. The fraction of sp³-hybridized carbons (Fsp3) is 0.240. The lowest BCUT2D eigenvalue weighted by Gasteiger charge is -2.11. The molecule has 0 saturated carbocycles. The highest BCUT2D eigenvalue weighted by atomic mass is 32.1. The van der Waals surface area contributed by atoms with Crippen LogP contribution in [0, 0.1) is 6.92 Å². The molecule has 4 rings (SSSR count). The zero-order valence-corrected chi connectivity index (χ0v) is 19.2. The summed E-state index contributed by atoms with van der Waals surface area (Å²) in [5, 5.41) is 12.0. The van der Waals surface area contributed by atoms with Crippen molar-refractivity contribution in [3.63, 3.8) is 0 Å². The van der Waals surface area contributed by atoms with Crippen molar-refractivity contribution >= 4 is 33.0 Å². The molecule has 33 heavy (non-hydrogen) atoms. The number of aromatic amines is 1. The minimum atomic E-state index is -0.173. The number of hydrogen-bond acceptors (Lipinski definition) is 7. The van der Waals surface area contributed by atoms with Gasteiger partial charge in [-0.3, -0.25) is 9.59 Å². The second-order valence-corrected chi connectivity index (χ2v) is 8.41. The summed E-state index contributed by atoms with van der Waals surface area (Å²) >= 11 is 1.65. The van der Waals surface area contributed by atoms with Gasteiger partial charge in [0.2, 0.25) is 0 Å². The number of nitrogens with one attached hydrogen (secondary N) is 1. The summed E-state index contributed by atoms with van der Waals surface area (Å²) in [7, 11) is 1.48. The number of methoxy groups -OCH3 is 1. The third kappa shape index (κ3) is 4.81. The van der Waals surface area contributed by atoms with Gasteiger partial charge >= 0.3 is 0 Å². The maximum atomic E-state index is 12.7. The van der Waals surface area contributed by atoms with E-state index in [2.05, 4.69) is 23.0 Å². The second kappa shape index (κ2) is 9.97. The van der Waals surface area contributed by atoms with E-state index in [0.717, 1.165) is 10.9 Å². The van der Waals surface area contributed by atoms with Gasteiger partial charge in [-0.1, -0.05) is 18.2 Å². The average Bonchev–Trinajstić information content (AvgIpc) is 3.49. The van der Waals surface area contributed by atoms with Gasteiger partial charge in [0.1, 0.15) is 18.1 Å². The maximum Gasteiger partial charge on any atom is 0.181 e. The summed E-state index contributed by atoms with van der Waals surface area (Å²) in [5.41, 5.74) is 2.98. The number of aryl methyl sites for hydroxylation is 1. The van der Waals surface area contributed by atoms with E-state index in [4.69, 9.17) is 14.6 Å². The average molecular weight is 465 g/mol. The van der Waals surface area contributed by atoms with E-state index in [0.29, 0.717) is 28.6 Å². The van der Waals surface area contributed by atoms with Crippen molar-refractivity contribution in [2.45, 2.75) is 19.8 Å². The quantitative estimate of drug-likeness (QED) is 0.326. The summed E-state index contributed by atoms with van der Waals surface area (Å²) in [5.74, 6) is 1.14. The first-order chi connectivity index (χ1) is 16.0. The summed E-state index contributed by atoms with van der Waals surface area (Å²) in [4.78, 5) is 32.8. The molecule has 7 nitrogen and oxygen atoms in total. The maximum absolute atomic E-state index is 12.7. The Bertz CT molecular complexity index is 1310. The molecule has 2 aromatic heterocycles. The molecule has 0 aliphatic heterocycles. The lowest BCUT2D eigenvalue weighted by atomic mass is 10.0. The number of imidazole rings is 1. The number of aromatic nitrogens is 2. The predicted octanol–water partition coefficient (Wildman–Crippen LogP) is 4.83. The highest BCUT2D eigenvalue weighted by molar-refractivity contribution is 7.18. The smallest absolute Gasteiger partial charge is 0.181 e. The number of carbonyl (C=O) groups is 2. The largest absolute Gasteiger partial charge is 0.493 e. The summed E-state index contributed by atoms with van der Waals surface area (Å²) in [6, 6.07) is 11.0. The number of fused-ring (bicyclic) bond motifs is 1. The van der Waals surface area contributed by atoms with Gasteiger partial charge in [-0.15, -0.1) is 11.3 Å². The van der Waals surface area contributed by atoms with Gasteiger partial charge in [0, 0.05) is 39.4 Å². The van der Waals surface area contributed by atoms with Crippen LogP contribution in [0.3, 0.4) is 0 Å². The van der Waals surface area contributed by atoms with Gasteiger partial charge in [-0.05, 0) is 30.7 Å². The van der Waals surface area contributed by atoms with E-state index in [1.807, 2.05) is 17.5 Å².